The lowest BCUT2D eigenvalue weighted by atomic mass is 10.0. The van der Waals surface area contributed by atoms with E-state index in [0.717, 1.165) is 0 Å². The molecule has 0 fully saturated rings. The maximum atomic E-state index is 8.78. The molecule has 1 nitrogen and oxygen atoms in total. The first-order valence-corrected chi connectivity index (χ1v) is 5.42. The topological polar surface area (TPSA) is 20.2 Å². The van der Waals surface area contributed by atoms with Crippen molar-refractivity contribution in [3.8, 4) is 0 Å². The minimum Gasteiger partial charge on any atom is -0.396 e. The van der Waals surface area contributed by atoms with Gasteiger partial charge in [0.2, 0.25) is 0 Å². The Hall–Kier alpha value is -0.0400. The van der Waals surface area contributed by atoms with Crippen LogP contribution in [0.1, 0.15) is 58.8 Å². The second kappa shape index (κ2) is 9.05. The Morgan fingerprint density at radius 1 is 1.00 bits per heavy atom. The number of aliphatic hydroxyl groups is 1. The van der Waals surface area contributed by atoms with Gasteiger partial charge in [-0.3, -0.25) is 0 Å². The number of hydrogen-bond donors (Lipinski definition) is 1. The fourth-order valence-electron chi connectivity index (χ4n) is 1.36. The van der Waals surface area contributed by atoms with Crippen LogP contribution in [0.3, 0.4) is 0 Å². The summed E-state index contributed by atoms with van der Waals surface area (Å²) in [6.07, 6.45) is 9.33. The highest BCUT2D eigenvalue weighted by molar-refractivity contribution is 4.51. The lowest BCUT2D eigenvalue weighted by Crippen LogP contribution is -1.99. The van der Waals surface area contributed by atoms with Gasteiger partial charge in [-0.05, 0) is 12.3 Å². The van der Waals surface area contributed by atoms with Crippen LogP contribution >= 0.6 is 0 Å². The van der Waals surface area contributed by atoms with Crippen molar-refractivity contribution < 1.29 is 5.11 Å². The molecule has 0 radical (unpaired) electrons. The van der Waals surface area contributed by atoms with E-state index in [9.17, 15) is 0 Å². The van der Waals surface area contributed by atoms with Crippen LogP contribution in [0.25, 0.3) is 0 Å². The van der Waals surface area contributed by atoms with E-state index in [0.29, 0.717) is 12.5 Å². The Balaban J connectivity index is 2.90. The minimum atomic E-state index is 0.356. The van der Waals surface area contributed by atoms with Crippen molar-refractivity contribution in [1.82, 2.24) is 0 Å². The number of hydrogen-bond acceptors (Lipinski definition) is 1. The predicted octanol–water partition coefficient (Wildman–Crippen LogP) is 3.37. The highest BCUT2D eigenvalue weighted by Gasteiger charge is 1.98. The molecule has 1 unspecified atom stereocenters. The third-order valence-electron chi connectivity index (χ3n) is 2.36. The predicted molar refractivity (Wildman–Crippen MR) is 54.2 cm³/mol. The van der Waals surface area contributed by atoms with E-state index in [1.807, 2.05) is 0 Å². The summed E-state index contributed by atoms with van der Waals surface area (Å²) in [5.41, 5.74) is 0. The Morgan fingerprint density at radius 3 is 2.17 bits per heavy atom. The smallest absolute Gasteiger partial charge is 0.0456 e. The second-order valence-corrected chi connectivity index (χ2v) is 3.84. The molecule has 0 aliphatic heterocycles. The molecule has 0 saturated carbocycles. The fraction of sp³-hybridized carbons (Fsp3) is 1.00. The van der Waals surface area contributed by atoms with Crippen LogP contribution in [-0.4, -0.2) is 11.7 Å². The van der Waals surface area contributed by atoms with Gasteiger partial charge in [0.25, 0.3) is 0 Å². The summed E-state index contributed by atoms with van der Waals surface area (Å²) in [6.45, 7) is 4.72. The Labute approximate surface area is 77.2 Å². The van der Waals surface area contributed by atoms with Crippen molar-refractivity contribution >= 4 is 0 Å². The summed E-state index contributed by atoms with van der Waals surface area (Å²) < 4.78 is 0. The Morgan fingerprint density at radius 2 is 1.58 bits per heavy atom. The highest BCUT2D eigenvalue weighted by atomic mass is 16.3. The summed E-state index contributed by atoms with van der Waals surface area (Å²) >= 11 is 0. The molecule has 1 heteroatoms. The van der Waals surface area contributed by atoms with E-state index in [4.69, 9.17) is 5.11 Å². The summed E-state index contributed by atoms with van der Waals surface area (Å²) in [5.74, 6) is 0.510. The van der Waals surface area contributed by atoms with Gasteiger partial charge >= 0.3 is 0 Å². The van der Waals surface area contributed by atoms with E-state index in [1.165, 1.54) is 44.9 Å². The second-order valence-electron chi connectivity index (χ2n) is 3.84. The molecule has 0 amide bonds. The molecule has 0 spiro atoms. The van der Waals surface area contributed by atoms with Crippen LogP contribution in [0, 0.1) is 5.92 Å². The van der Waals surface area contributed by atoms with Crippen LogP contribution in [0.4, 0.5) is 0 Å². The van der Waals surface area contributed by atoms with Gasteiger partial charge in [-0.2, -0.15) is 0 Å². The van der Waals surface area contributed by atoms with Gasteiger partial charge in [0.05, 0.1) is 0 Å². The third-order valence-corrected chi connectivity index (χ3v) is 2.36. The van der Waals surface area contributed by atoms with Gasteiger partial charge in [-0.15, -0.1) is 0 Å². The zero-order valence-electron chi connectivity index (χ0n) is 8.68. The molecule has 0 aromatic carbocycles. The van der Waals surface area contributed by atoms with E-state index in [1.54, 1.807) is 0 Å². The lowest BCUT2D eigenvalue weighted by Gasteiger charge is -2.06. The molecule has 0 saturated heterocycles. The third kappa shape index (κ3) is 8.06. The van der Waals surface area contributed by atoms with E-state index in [2.05, 4.69) is 13.8 Å². The molecule has 1 atom stereocenters. The van der Waals surface area contributed by atoms with Gasteiger partial charge in [0.1, 0.15) is 0 Å². The van der Waals surface area contributed by atoms with Gasteiger partial charge in [-0.1, -0.05) is 52.4 Å². The van der Waals surface area contributed by atoms with Gasteiger partial charge < -0.3 is 5.11 Å². The maximum absolute atomic E-state index is 8.78. The zero-order valence-corrected chi connectivity index (χ0v) is 8.68. The first kappa shape index (κ1) is 12.0. The van der Waals surface area contributed by atoms with Gasteiger partial charge in [0, 0.05) is 6.61 Å². The summed E-state index contributed by atoms with van der Waals surface area (Å²) in [5, 5.41) is 8.78. The van der Waals surface area contributed by atoms with Crippen LogP contribution in [0.2, 0.25) is 0 Å². The summed E-state index contributed by atoms with van der Waals surface area (Å²) in [7, 11) is 0. The highest BCUT2D eigenvalue weighted by Crippen LogP contribution is 2.11. The van der Waals surface area contributed by atoms with Gasteiger partial charge in [0.15, 0.2) is 0 Å². The average molecular weight is 172 g/mol. The summed E-state index contributed by atoms with van der Waals surface area (Å²) in [6, 6.07) is 0. The fourth-order valence-corrected chi connectivity index (χ4v) is 1.36. The molecule has 74 valence electrons. The number of aliphatic hydroxyl groups excluding tert-OH is 1. The monoisotopic (exact) mass is 172 g/mol. The van der Waals surface area contributed by atoms with E-state index < -0.39 is 0 Å². The van der Waals surface area contributed by atoms with E-state index in [-0.39, 0.29) is 0 Å². The molecular weight excluding hydrogens is 148 g/mol. The van der Waals surface area contributed by atoms with Crippen LogP contribution < -0.4 is 0 Å². The van der Waals surface area contributed by atoms with Crippen LogP contribution in [0.5, 0.6) is 0 Å². The molecule has 0 aliphatic carbocycles. The quantitative estimate of drug-likeness (QED) is 0.557. The van der Waals surface area contributed by atoms with Crippen molar-refractivity contribution in [2.75, 3.05) is 6.61 Å². The number of unbranched alkanes of at least 4 members (excludes halogenated alkanes) is 5. The zero-order chi connectivity index (χ0) is 9.23. The molecule has 0 aromatic heterocycles. The molecule has 0 rings (SSSR count). The molecule has 0 aliphatic rings. The maximum Gasteiger partial charge on any atom is 0.0456 e. The van der Waals surface area contributed by atoms with Crippen molar-refractivity contribution in [3.63, 3.8) is 0 Å². The summed E-state index contributed by atoms with van der Waals surface area (Å²) in [4.78, 5) is 0. The largest absolute Gasteiger partial charge is 0.396 e. The van der Waals surface area contributed by atoms with E-state index >= 15 is 0 Å². The lowest BCUT2D eigenvalue weighted by molar-refractivity contribution is 0.227. The van der Waals surface area contributed by atoms with Gasteiger partial charge in [-0.25, -0.2) is 0 Å². The molecular formula is C11H24O. The molecule has 0 heterocycles. The molecule has 1 N–H and O–H groups in total. The normalized spacial score (nSPS) is 13.2. The van der Waals surface area contributed by atoms with Crippen molar-refractivity contribution in [2.24, 2.45) is 5.92 Å². The van der Waals surface area contributed by atoms with Crippen molar-refractivity contribution in [3.05, 3.63) is 0 Å². The van der Waals surface area contributed by atoms with Crippen LogP contribution in [0.15, 0.2) is 0 Å². The molecule has 0 aromatic rings. The number of rotatable bonds is 8. The average Bonchev–Trinajstić information content (AvgIpc) is 2.10. The first-order valence-electron chi connectivity index (χ1n) is 5.42. The molecule has 12 heavy (non-hydrogen) atoms. The first-order chi connectivity index (χ1) is 5.81. The molecule has 0 bridgehead atoms. The minimum absolute atomic E-state index is 0.356. The Bertz CT molecular complexity index is 81.1. The Kier molecular flexibility index (Phi) is 9.02. The SMILES string of the molecule is CCCCCCCCC(C)CO. The standard InChI is InChI=1S/C11H24O/c1-3-4-5-6-7-8-9-11(2)10-12/h11-12H,3-10H2,1-2H3. The van der Waals surface area contributed by atoms with Crippen LogP contribution in [-0.2, 0) is 0 Å². The van der Waals surface area contributed by atoms with Crippen molar-refractivity contribution in [2.45, 2.75) is 58.8 Å². The van der Waals surface area contributed by atoms with Crippen molar-refractivity contribution in [1.29, 1.82) is 0 Å².